The number of benzene rings is 2. The highest BCUT2D eigenvalue weighted by atomic mass is 35.5. The molecule has 0 saturated heterocycles. The molecule has 0 spiro atoms. The first-order valence-electron chi connectivity index (χ1n) is 9.76. The van der Waals surface area contributed by atoms with Gasteiger partial charge in [0.15, 0.2) is 11.5 Å². The van der Waals surface area contributed by atoms with Crippen LogP contribution in [0.5, 0.6) is 11.5 Å². The van der Waals surface area contributed by atoms with E-state index in [0.717, 1.165) is 28.6 Å². The second-order valence-electron chi connectivity index (χ2n) is 6.73. The van der Waals surface area contributed by atoms with Crippen molar-refractivity contribution in [1.82, 2.24) is 25.5 Å². The Hall–Kier alpha value is -2.29. The van der Waals surface area contributed by atoms with Crippen LogP contribution in [0.4, 0.5) is 0 Å². The zero-order valence-electron chi connectivity index (χ0n) is 17.4. The second-order valence-corrected chi connectivity index (χ2v) is 8.20. The Labute approximate surface area is 186 Å². The number of aryl methyl sites for hydroxylation is 2. The summed E-state index contributed by atoms with van der Waals surface area (Å²) in [5.74, 6) is 2.10. The highest BCUT2D eigenvalue weighted by Crippen LogP contribution is 2.37. The van der Waals surface area contributed by atoms with E-state index in [1.165, 1.54) is 5.56 Å². The first kappa shape index (κ1) is 22.4. The number of nitrogens with zero attached hydrogens (tertiary/aromatic N) is 4. The lowest BCUT2D eigenvalue weighted by molar-refractivity contribution is 0.269. The predicted octanol–water partition coefficient (Wildman–Crippen LogP) is 4.03. The van der Waals surface area contributed by atoms with Crippen LogP contribution in [0.15, 0.2) is 41.6 Å². The van der Waals surface area contributed by atoms with Gasteiger partial charge in [-0.15, -0.1) is 5.10 Å². The summed E-state index contributed by atoms with van der Waals surface area (Å²) in [5, 5.41) is 16.2. The van der Waals surface area contributed by atoms with E-state index in [2.05, 4.69) is 39.9 Å². The number of halogens is 1. The molecule has 0 fully saturated rings. The standard InChI is InChI=1S/C21H26ClN5O2S/c1-4-28-19-12-17(13-23-8-9-30-21-24-25-26-27(21)3)11-18(22)20(19)29-14-16-7-5-6-15(2)10-16/h5-7,10-12,23H,4,8-9,13-14H2,1-3H3. The SMILES string of the molecule is CCOc1cc(CNCCSc2nnnn2C)cc(Cl)c1OCc1cccc(C)c1. The highest BCUT2D eigenvalue weighted by Gasteiger charge is 2.13. The molecule has 1 aromatic heterocycles. The van der Waals surface area contributed by atoms with Crippen LogP contribution in [-0.4, -0.2) is 39.1 Å². The van der Waals surface area contributed by atoms with Gasteiger partial charge in [0.1, 0.15) is 6.61 Å². The minimum Gasteiger partial charge on any atom is -0.490 e. The molecule has 2 aromatic carbocycles. The Morgan fingerprint density at radius 2 is 2.03 bits per heavy atom. The van der Waals surface area contributed by atoms with Crippen LogP contribution >= 0.6 is 23.4 Å². The Balaban J connectivity index is 1.57. The number of rotatable bonds is 11. The maximum absolute atomic E-state index is 6.53. The molecule has 30 heavy (non-hydrogen) atoms. The highest BCUT2D eigenvalue weighted by molar-refractivity contribution is 7.99. The van der Waals surface area contributed by atoms with E-state index in [0.29, 0.717) is 36.3 Å². The van der Waals surface area contributed by atoms with Crippen LogP contribution in [0.1, 0.15) is 23.6 Å². The van der Waals surface area contributed by atoms with E-state index in [1.807, 2.05) is 38.2 Å². The van der Waals surface area contributed by atoms with Crippen molar-refractivity contribution in [3.63, 3.8) is 0 Å². The minimum atomic E-state index is 0.438. The van der Waals surface area contributed by atoms with Gasteiger partial charge in [0.05, 0.1) is 11.6 Å². The fourth-order valence-corrected chi connectivity index (χ4v) is 3.91. The van der Waals surface area contributed by atoms with Gasteiger partial charge in [-0.25, -0.2) is 4.68 Å². The Morgan fingerprint density at radius 1 is 1.17 bits per heavy atom. The Morgan fingerprint density at radius 3 is 2.77 bits per heavy atom. The first-order valence-corrected chi connectivity index (χ1v) is 11.1. The molecule has 1 heterocycles. The Kier molecular flexibility index (Phi) is 8.36. The molecule has 160 valence electrons. The molecule has 0 amide bonds. The largest absolute Gasteiger partial charge is 0.490 e. The molecule has 0 bridgehead atoms. The third-order valence-electron chi connectivity index (χ3n) is 4.26. The number of tetrazole rings is 1. The second kappa shape index (κ2) is 11.2. The molecule has 0 radical (unpaired) electrons. The third-order valence-corrected chi connectivity index (χ3v) is 5.55. The van der Waals surface area contributed by atoms with E-state index in [9.17, 15) is 0 Å². The van der Waals surface area contributed by atoms with Crippen molar-refractivity contribution in [3.05, 3.63) is 58.1 Å². The summed E-state index contributed by atoms with van der Waals surface area (Å²) in [7, 11) is 1.83. The molecular formula is C21H26ClN5O2S. The monoisotopic (exact) mass is 447 g/mol. The third kappa shape index (κ3) is 6.35. The summed E-state index contributed by atoms with van der Waals surface area (Å²) in [5.41, 5.74) is 3.33. The van der Waals surface area contributed by atoms with Gasteiger partial charge < -0.3 is 14.8 Å². The van der Waals surface area contributed by atoms with Gasteiger partial charge in [-0.1, -0.05) is 53.2 Å². The van der Waals surface area contributed by atoms with Crippen LogP contribution in [0.25, 0.3) is 0 Å². The smallest absolute Gasteiger partial charge is 0.209 e. The van der Waals surface area contributed by atoms with Gasteiger partial charge in [-0.2, -0.15) is 0 Å². The molecule has 0 atom stereocenters. The number of nitrogens with one attached hydrogen (secondary N) is 1. The van der Waals surface area contributed by atoms with Crippen molar-refractivity contribution in [2.75, 3.05) is 18.9 Å². The van der Waals surface area contributed by atoms with Crippen molar-refractivity contribution >= 4 is 23.4 Å². The van der Waals surface area contributed by atoms with Crippen molar-refractivity contribution in [2.24, 2.45) is 7.05 Å². The number of ether oxygens (including phenoxy) is 2. The molecule has 0 unspecified atom stereocenters. The van der Waals surface area contributed by atoms with Gasteiger partial charge in [0.25, 0.3) is 0 Å². The average molecular weight is 448 g/mol. The Bertz CT molecular complexity index is 966. The zero-order valence-corrected chi connectivity index (χ0v) is 19.0. The lowest BCUT2D eigenvalue weighted by atomic mass is 10.1. The number of hydrogen-bond acceptors (Lipinski definition) is 7. The fourth-order valence-electron chi connectivity index (χ4n) is 2.87. The minimum absolute atomic E-state index is 0.438. The maximum atomic E-state index is 6.53. The van der Waals surface area contributed by atoms with Crippen molar-refractivity contribution in [1.29, 1.82) is 0 Å². The van der Waals surface area contributed by atoms with Crippen LogP contribution in [0.2, 0.25) is 5.02 Å². The molecule has 1 N–H and O–H groups in total. The summed E-state index contributed by atoms with van der Waals surface area (Å²) < 4.78 is 13.5. The van der Waals surface area contributed by atoms with Crippen molar-refractivity contribution < 1.29 is 9.47 Å². The molecule has 0 aliphatic carbocycles. The first-order chi connectivity index (χ1) is 14.6. The van der Waals surface area contributed by atoms with Gasteiger partial charge >= 0.3 is 0 Å². The number of thioether (sulfide) groups is 1. The van der Waals surface area contributed by atoms with Crippen LogP contribution in [0, 0.1) is 6.92 Å². The lowest BCUT2D eigenvalue weighted by Gasteiger charge is -2.16. The molecular weight excluding hydrogens is 422 g/mol. The summed E-state index contributed by atoms with van der Waals surface area (Å²) in [6.07, 6.45) is 0. The molecule has 0 saturated carbocycles. The van der Waals surface area contributed by atoms with Gasteiger partial charge in [-0.3, -0.25) is 0 Å². The van der Waals surface area contributed by atoms with Gasteiger partial charge in [-0.05, 0) is 47.5 Å². The van der Waals surface area contributed by atoms with E-state index >= 15 is 0 Å². The van der Waals surface area contributed by atoms with Crippen LogP contribution in [0.3, 0.4) is 0 Å². The average Bonchev–Trinajstić information content (AvgIpc) is 3.12. The van der Waals surface area contributed by atoms with E-state index in [-0.39, 0.29) is 0 Å². The molecule has 7 nitrogen and oxygen atoms in total. The van der Waals surface area contributed by atoms with E-state index in [4.69, 9.17) is 21.1 Å². The number of aromatic nitrogens is 4. The normalized spacial score (nSPS) is 10.9. The van der Waals surface area contributed by atoms with Crippen LogP contribution < -0.4 is 14.8 Å². The van der Waals surface area contributed by atoms with E-state index in [1.54, 1.807) is 16.4 Å². The maximum Gasteiger partial charge on any atom is 0.209 e. The summed E-state index contributed by atoms with van der Waals surface area (Å²) in [6, 6.07) is 12.1. The quantitative estimate of drug-likeness (QED) is 0.351. The number of hydrogen-bond donors (Lipinski definition) is 1. The molecule has 0 aliphatic heterocycles. The summed E-state index contributed by atoms with van der Waals surface area (Å²) in [4.78, 5) is 0. The van der Waals surface area contributed by atoms with Crippen molar-refractivity contribution in [2.45, 2.75) is 32.2 Å². The lowest BCUT2D eigenvalue weighted by Crippen LogP contribution is -2.17. The molecule has 3 aromatic rings. The summed E-state index contributed by atoms with van der Waals surface area (Å²) in [6.45, 7) is 6.47. The summed E-state index contributed by atoms with van der Waals surface area (Å²) >= 11 is 8.14. The van der Waals surface area contributed by atoms with Gasteiger partial charge in [0, 0.05) is 25.9 Å². The van der Waals surface area contributed by atoms with Gasteiger partial charge in [0.2, 0.25) is 5.16 Å². The topological polar surface area (TPSA) is 74.1 Å². The molecule has 9 heteroatoms. The predicted molar refractivity (Wildman–Crippen MR) is 119 cm³/mol. The molecule has 0 aliphatic rings. The van der Waals surface area contributed by atoms with Crippen molar-refractivity contribution in [3.8, 4) is 11.5 Å². The molecule has 3 rings (SSSR count). The van der Waals surface area contributed by atoms with Crippen LogP contribution in [-0.2, 0) is 20.2 Å². The van der Waals surface area contributed by atoms with E-state index < -0.39 is 0 Å². The fraction of sp³-hybridized carbons (Fsp3) is 0.381. The zero-order chi connectivity index (χ0) is 21.3.